The van der Waals surface area contributed by atoms with Gasteiger partial charge in [0.25, 0.3) is 0 Å². The number of fused-ring (bicyclic) bond motifs is 4. The molecule has 2 aromatic rings. The largest absolute Gasteiger partial charge is 0.507 e. The summed E-state index contributed by atoms with van der Waals surface area (Å²) in [7, 11) is 0. The first kappa shape index (κ1) is 44.7. The zero-order valence-electron chi connectivity index (χ0n) is 29.9. The summed E-state index contributed by atoms with van der Waals surface area (Å²) >= 11 is 12.3. The van der Waals surface area contributed by atoms with Crippen molar-refractivity contribution in [3.63, 3.8) is 0 Å². The molecular formula is C38H44Cl3N3O11. The van der Waals surface area contributed by atoms with Gasteiger partial charge in [0.15, 0.2) is 0 Å². The summed E-state index contributed by atoms with van der Waals surface area (Å²) in [5.74, 6) is 2.25. The van der Waals surface area contributed by atoms with Crippen LogP contribution in [0.3, 0.4) is 0 Å². The van der Waals surface area contributed by atoms with Crippen molar-refractivity contribution < 1.29 is 55.1 Å². The third-order valence-electron chi connectivity index (χ3n) is 9.38. The molecule has 0 unspecified atom stereocenters. The van der Waals surface area contributed by atoms with Crippen molar-refractivity contribution in [1.82, 2.24) is 0 Å². The standard InChI is InChI=1S/2C19H20ClNO5.ClH.H3NO/c2*1-10-6-12-7-11(12)4-2-3-5-13(21-25)8-14-17(19(24)26-10)15(22)9-16(23)18(14)20;;1-2/h2*2-5,9-12,22-23,25H,6-8H2,1H3;1H;2H,1H2/b4-2-,5-3+,21-13+;4-2-,5-3+,21-13-;;/t2*10-,11+,12+;;/m11../s1. The Labute approximate surface area is 333 Å². The molecule has 0 spiro atoms. The van der Waals surface area contributed by atoms with Crippen molar-refractivity contribution >= 4 is 59.0 Å². The second kappa shape index (κ2) is 20.3. The number of allylic oxidation sites excluding steroid dienone is 8. The van der Waals surface area contributed by atoms with Crippen LogP contribution in [-0.4, -0.2) is 71.6 Å². The van der Waals surface area contributed by atoms with Crippen LogP contribution in [0.1, 0.15) is 71.4 Å². The van der Waals surface area contributed by atoms with E-state index in [0.29, 0.717) is 23.7 Å². The van der Waals surface area contributed by atoms with E-state index in [1.54, 1.807) is 24.3 Å². The maximum absolute atomic E-state index is 12.6. The molecule has 9 N–H and O–H groups in total. The number of carbonyl (C=O) groups excluding carboxylic acids is 2. The molecule has 2 aromatic carbocycles. The van der Waals surface area contributed by atoms with E-state index in [1.807, 2.05) is 26.0 Å². The van der Waals surface area contributed by atoms with Gasteiger partial charge in [-0.15, -0.1) is 12.4 Å². The van der Waals surface area contributed by atoms with Crippen LogP contribution >= 0.6 is 35.6 Å². The minimum Gasteiger partial charge on any atom is -0.507 e. The molecule has 0 amide bonds. The molecule has 4 aliphatic rings. The number of rotatable bonds is 0. The lowest BCUT2D eigenvalue weighted by atomic mass is 9.99. The molecule has 14 nitrogen and oxygen atoms in total. The van der Waals surface area contributed by atoms with Crippen LogP contribution in [0.25, 0.3) is 0 Å². The van der Waals surface area contributed by atoms with E-state index >= 15 is 0 Å². The normalized spacial score (nSPS) is 28.3. The highest BCUT2D eigenvalue weighted by Crippen LogP contribution is 2.45. The van der Waals surface area contributed by atoms with E-state index < -0.39 is 23.4 Å². The Bertz CT molecular complexity index is 1780. The summed E-state index contributed by atoms with van der Waals surface area (Å²) < 4.78 is 11.0. The maximum atomic E-state index is 12.6. The molecular weight excluding hydrogens is 781 g/mol. The third-order valence-corrected chi connectivity index (χ3v) is 10.2. The zero-order chi connectivity index (χ0) is 39.7. The van der Waals surface area contributed by atoms with Crippen molar-refractivity contribution in [3.8, 4) is 23.0 Å². The third kappa shape index (κ3) is 11.6. The number of nitrogens with two attached hydrogens (primary N) is 1. The van der Waals surface area contributed by atoms with Gasteiger partial charge < -0.3 is 45.5 Å². The van der Waals surface area contributed by atoms with Gasteiger partial charge in [-0.1, -0.05) is 70.0 Å². The highest BCUT2D eigenvalue weighted by Gasteiger charge is 2.38. The Hall–Kier alpha value is -4.73. The Morgan fingerprint density at radius 1 is 0.636 bits per heavy atom. The number of phenols is 4. The van der Waals surface area contributed by atoms with Crippen molar-refractivity contribution in [2.45, 2.75) is 64.6 Å². The molecule has 0 saturated heterocycles. The van der Waals surface area contributed by atoms with E-state index in [1.165, 1.54) is 0 Å². The fourth-order valence-electron chi connectivity index (χ4n) is 6.51. The Balaban J connectivity index is 0.000000278. The zero-order valence-corrected chi connectivity index (χ0v) is 32.2. The van der Waals surface area contributed by atoms with Gasteiger partial charge >= 0.3 is 11.9 Å². The Kier molecular flexibility index (Phi) is 16.5. The van der Waals surface area contributed by atoms with Crippen molar-refractivity contribution in [2.24, 2.45) is 39.9 Å². The first-order valence-corrected chi connectivity index (χ1v) is 17.8. The van der Waals surface area contributed by atoms with E-state index in [0.717, 1.165) is 37.8 Å². The number of ether oxygens (including phenoxy) is 2. The van der Waals surface area contributed by atoms with Gasteiger partial charge in [0.1, 0.15) is 34.1 Å². The minimum atomic E-state index is -0.724. The van der Waals surface area contributed by atoms with Crippen LogP contribution in [0.5, 0.6) is 23.0 Å². The number of oxime groups is 2. The summed E-state index contributed by atoms with van der Waals surface area (Å²) in [4.78, 5) is 25.3. The number of halogens is 3. The predicted molar refractivity (Wildman–Crippen MR) is 207 cm³/mol. The fraction of sp³-hybridized carbons (Fsp3) is 0.368. The lowest BCUT2D eigenvalue weighted by molar-refractivity contribution is 0.0296. The molecule has 0 radical (unpaired) electrons. The van der Waals surface area contributed by atoms with E-state index in [2.05, 4.69) is 28.4 Å². The van der Waals surface area contributed by atoms with E-state index in [-0.39, 0.29) is 92.7 Å². The Morgan fingerprint density at radius 2 is 1.00 bits per heavy atom. The molecule has 0 bridgehead atoms. The van der Waals surface area contributed by atoms with Gasteiger partial charge in [0.2, 0.25) is 0 Å². The highest BCUT2D eigenvalue weighted by atomic mass is 35.5. The first-order valence-electron chi connectivity index (χ1n) is 17.1. The second-order valence-electron chi connectivity index (χ2n) is 13.4. The topological polar surface area (TPSA) is 245 Å². The van der Waals surface area contributed by atoms with E-state index in [4.69, 9.17) is 37.9 Å². The van der Waals surface area contributed by atoms with Gasteiger partial charge in [-0.2, -0.15) is 0 Å². The highest BCUT2D eigenvalue weighted by molar-refractivity contribution is 6.34. The smallest absolute Gasteiger partial charge is 0.342 e. The molecule has 55 heavy (non-hydrogen) atoms. The first-order chi connectivity index (χ1) is 25.8. The lowest BCUT2D eigenvalue weighted by Gasteiger charge is -2.17. The average Bonchev–Trinajstić information content (AvgIpc) is 4.05. The fourth-order valence-corrected chi connectivity index (χ4v) is 6.94. The number of aromatic hydroxyl groups is 4. The van der Waals surface area contributed by atoms with Gasteiger partial charge in [-0.05, 0) is 86.5 Å². The maximum Gasteiger partial charge on any atom is 0.342 e. The van der Waals surface area contributed by atoms with Crippen LogP contribution in [0.4, 0.5) is 0 Å². The number of nitrogens with zero attached hydrogens (tertiary/aromatic N) is 2. The molecule has 2 aliphatic carbocycles. The lowest BCUT2D eigenvalue weighted by Crippen LogP contribution is -2.18. The van der Waals surface area contributed by atoms with Gasteiger partial charge in [-0.25, -0.2) is 15.5 Å². The van der Waals surface area contributed by atoms with Gasteiger partial charge in [-0.3, -0.25) is 0 Å². The van der Waals surface area contributed by atoms with Crippen LogP contribution in [0.2, 0.25) is 10.0 Å². The molecule has 6 atom stereocenters. The predicted octanol–water partition coefficient (Wildman–Crippen LogP) is 7.40. The number of esters is 2. The SMILES string of the molecule is C[C@@H]1C[C@H]2C[C@@H]2\C=C/C=C/C(=N/O)Cc2c(Cl)c(O)cc(O)c2C(=O)O1.C[C@@H]1C[C@H]2C[C@@H]2\C=C/C=C/C(=N\O)Cc2c(Cl)c(O)cc(O)c2C(=O)O1.Cl.NO. The molecule has 17 heteroatoms. The molecule has 0 aromatic heterocycles. The number of hydrogen-bond acceptors (Lipinski definition) is 14. The molecule has 2 aliphatic heterocycles. The number of cyclic esters (lactones) is 2. The van der Waals surface area contributed by atoms with Crippen LogP contribution in [0.15, 0.2) is 71.1 Å². The summed E-state index contributed by atoms with van der Waals surface area (Å²) in [5, 5.41) is 71.4. The van der Waals surface area contributed by atoms with Crippen LogP contribution < -0.4 is 5.90 Å². The Morgan fingerprint density at radius 3 is 1.35 bits per heavy atom. The summed E-state index contributed by atoms with van der Waals surface area (Å²) in [6.45, 7) is 3.62. The number of benzene rings is 2. The van der Waals surface area contributed by atoms with Gasteiger partial charge in [0.05, 0.1) is 33.7 Å². The van der Waals surface area contributed by atoms with Crippen LogP contribution in [-0.2, 0) is 22.3 Å². The van der Waals surface area contributed by atoms with Crippen molar-refractivity contribution in [1.29, 1.82) is 0 Å². The second-order valence-corrected chi connectivity index (χ2v) is 14.2. The van der Waals surface area contributed by atoms with Crippen molar-refractivity contribution in [3.05, 3.63) is 93.0 Å². The minimum absolute atomic E-state index is 0. The van der Waals surface area contributed by atoms with Crippen LogP contribution in [0, 0.1) is 23.7 Å². The number of hydrogen-bond donors (Lipinski definition) is 8. The molecule has 6 rings (SSSR count). The van der Waals surface area contributed by atoms with Gasteiger partial charge in [0, 0.05) is 25.0 Å². The summed E-state index contributed by atoms with van der Waals surface area (Å²) in [6.07, 6.45) is 17.3. The van der Waals surface area contributed by atoms with Crippen molar-refractivity contribution in [2.75, 3.05) is 0 Å². The van der Waals surface area contributed by atoms with E-state index in [9.17, 15) is 40.4 Å². The monoisotopic (exact) mass is 823 g/mol. The molecule has 2 heterocycles. The molecule has 2 fully saturated rings. The summed E-state index contributed by atoms with van der Waals surface area (Å²) in [5.41, 5.74) is 0.456. The average molecular weight is 825 g/mol. The summed E-state index contributed by atoms with van der Waals surface area (Å²) in [6, 6.07) is 2.00. The number of phenolic OH excluding ortho intramolecular Hbond substituents is 4. The molecule has 2 saturated carbocycles. The quantitative estimate of drug-likeness (QED) is 0.0736. The number of carbonyl (C=O) groups is 2. The molecule has 298 valence electrons.